The third-order valence-corrected chi connectivity index (χ3v) is 4.67. The van der Waals surface area contributed by atoms with Gasteiger partial charge in [-0.25, -0.2) is 0 Å². The van der Waals surface area contributed by atoms with Crippen molar-refractivity contribution in [1.82, 2.24) is 10.6 Å². The summed E-state index contributed by atoms with van der Waals surface area (Å²) in [5.41, 5.74) is 1.90. The van der Waals surface area contributed by atoms with E-state index in [0.717, 1.165) is 11.1 Å². The number of ether oxygens (including phenoxy) is 2. The predicted molar refractivity (Wildman–Crippen MR) is 114 cm³/mol. The summed E-state index contributed by atoms with van der Waals surface area (Å²) in [7, 11) is 3.14. The number of hydrogen-bond donors (Lipinski definition) is 2. The lowest BCUT2D eigenvalue weighted by Gasteiger charge is -2.09. The molecule has 142 valence electrons. The van der Waals surface area contributed by atoms with E-state index in [2.05, 4.69) is 22.8 Å². The van der Waals surface area contributed by atoms with E-state index < -0.39 is 0 Å². The number of methoxy groups -OCH3 is 2. The first kappa shape index (κ1) is 20.8. The molecular formula is C20H22N2O3S2. The van der Waals surface area contributed by atoms with Crippen molar-refractivity contribution in [1.29, 1.82) is 0 Å². The van der Waals surface area contributed by atoms with Crippen molar-refractivity contribution in [3.63, 3.8) is 0 Å². The van der Waals surface area contributed by atoms with Gasteiger partial charge in [-0.2, -0.15) is 0 Å². The number of thiocarbonyl (C=S) groups is 1. The summed E-state index contributed by atoms with van der Waals surface area (Å²) in [5, 5.41) is 5.93. The Labute approximate surface area is 169 Å². The lowest BCUT2D eigenvalue weighted by Crippen LogP contribution is -2.37. The van der Waals surface area contributed by atoms with E-state index in [4.69, 9.17) is 21.7 Å². The van der Waals surface area contributed by atoms with E-state index in [9.17, 15) is 4.79 Å². The molecule has 0 aliphatic heterocycles. The molecule has 0 spiro atoms. The maximum absolute atomic E-state index is 12.0. The van der Waals surface area contributed by atoms with Crippen LogP contribution >= 0.6 is 24.0 Å². The molecule has 2 aromatic rings. The van der Waals surface area contributed by atoms with E-state index in [-0.39, 0.29) is 11.0 Å². The molecule has 2 N–H and O–H groups in total. The topological polar surface area (TPSA) is 59.6 Å². The number of carbonyl (C=O) groups is 1. The second-order valence-electron chi connectivity index (χ2n) is 5.47. The molecular weight excluding hydrogens is 380 g/mol. The first-order valence-corrected chi connectivity index (χ1v) is 9.81. The van der Waals surface area contributed by atoms with Crippen LogP contribution < -0.4 is 20.1 Å². The van der Waals surface area contributed by atoms with Crippen molar-refractivity contribution in [3.05, 3.63) is 59.7 Å². The first-order chi connectivity index (χ1) is 13.0. The number of thioether (sulfide) groups is 1. The van der Waals surface area contributed by atoms with Crippen molar-refractivity contribution in [3.8, 4) is 11.5 Å². The summed E-state index contributed by atoms with van der Waals surface area (Å²) in [4.78, 5) is 13.2. The summed E-state index contributed by atoms with van der Waals surface area (Å²) in [6.07, 6.45) is 5.14. The van der Waals surface area contributed by atoms with Gasteiger partial charge >= 0.3 is 0 Å². The second kappa shape index (κ2) is 10.6. The zero-order chi connectivity index (χ0) is 19.6. The van der Waals surface area contributed by atoms with E-state index in [1.165, 1.54) is 11.0 Å². The highest BCUT2D eigenvalue weighted by Gasteiger charge is 2.04. The van der Waals surface area contributed by atoms with Crippen LogP contribution in [0.25, 0.3) is 6.08 Å². The zero-order valence-corrected chi connectivity index (χ0v) is 17.1. The van der Waals surface area contributed by atoms with Gasteiger partial charge in [-0.1, -0.05) is 18.2 Å². The van der Waals surface area contributed by atoms with Gasteiger partial charge in [-0.05, 0) is 59.9 Å². The summed E-state index contributed by atoms with van der Waals surface area (Å²) >= 11 is 6.86. The normalized spacial score (nSPS) is 10.5. The summed E-state index contributed by atoms with van der Waals surface area (Å²) < 4.78 is 10.4. The predicted octanol–water partition coefficient (Wildman–Crippen LogP) is 3.63. The highest BCUT2D eigenvalue weighted by Crippen LogP contribution is 2.27. The maximum Gasteiger partial charge on any atom is 0.250 e. The third-order valence-electron chi connectivity index (χ3n) is 3.68. The van der Waals surface area contributed by atoms with E-state index >= 15 is 0 Å². The Bertz CT molecular complexity index is 820. The third kappa shape index (κ3) is 6.62. The van der Waals surface area contributed by atoms with Crippen molar-refractivity contribution in [2.75, 3.05) is 20.5 Å². The lowest BCUT2D eigenvalue weighted by atomic mass is 10.2. The number of amides is 1. The average molecular weight is 403 g/mol. The molecule has 0 heterocycles. The molecule has 27 heavy (non-hydrogen) atoms. The van der Waals surface area contributed by atoms with Gasteiger partial charge in [-0.15, -0.1) is 11.8 Å². The smallest absolute Gasteiger partial charge is 0.250 e. The molecule has 1 amide bonds. The van der Waals surface area contributed by atoms with Crippen molar-refractivity contribution < 1.29 is 14.3 Å². The highest BCUT2D eigenvalue weighted by atomic mass is 32.2. The molecule has 5 nitrogen and oxygen atoms in total. The van der Waals surface area contributed by atoms with Gasteiger partial charge in [0.05, 0.1) is 14.2 Å². The Morgan fingerprint density at radius 3 is 2.44 bits per heavy atom. The highest BCUT2D eigenvalue weighted by molar-refractivity contribution is 7.98. The van der Waals surface area contributed by atoms with Crippen LogP contribution in [0.4, 0.5) is 0 Å². The van der Waals surface area contributed by atoms with Crippen LogP contribution in [0.2, 0.25) is 0 Å². The van der Waals surface area contributed by atoms with Crippen molar-refractivity contribution in [2.24, 2.45) is 0 Å². The summed E-state index contributed by atoms with van der Waals surface area (Å²) in [6.45, 7) is 0.549. The first-order valence-electron chi connectivity index (χ1n) is 8.17. The molecule has 2 rings (SSSR count). The van der Waals surface area contributed by atoms with Gasteiger partial charge in [0.1, 0.15) is 0 Å². The fourth-order valence-electron chi connectivity index (χ4n) is 2.25. The Hall–Kier alpha value is -2.51. The van der Waals surface area contributed by atoms with Crippen molar-refractivity contribution >= 4 is 41.1 Å². The Kier molecular flexibility index (Phi) is 8.16. The molecule has 0 bridgehead atoms. The van der Waals surface area contributed by atoms with Gasteiger partial charge in [0.2, 0.25) is 5.91 Å². The van der Waals surface area contributed by atoms with Crippen LogP contribution in [0.3, 0.4) is 0 Å². The molecule has 0 aliphatic rings. The molecule has 0 aromatic heterocycles. The number of rotatable bonds is 7. The minimum absolute atomic E-state index is 0.283. The Morgan fingerprint density at radius 1 is 1.11 bits per heavy atom. The molecule has 0 saturated carbocycles. The standard InChI is InChI=1S/C20H22N2O3S2/c1-24-17-10-6-14(12-18(17)25-2)7-11-19(23)22-20(26)21-13-15-4-8-16(27-3)9-5-15/h4-12H,13H2,1-3H3,(H2,21,22,23,26)/b11-7+. The van der Waals surface area contributed by atoms with E-state index in [1.54, 1.807) is 44.2 Å². The number of benzene rings is 2. The minimum atomic E-state index is -0.306. The van der Waals surface area contributed by atoms with Gasteiger partial charge in [0.15, 0.2) is 16.6 Å². The van der Waals surface area contributed by atoms with Gasteiger partial charge in [0, 0.05) is 17.5 Å². The molecule has 7 heteroatoms. The largest absolute Gasteiger partial charge is 0.493 e. The molecule has 0 saturated heterocycles. The summed E-state index contributed by atoms with van der Waals surface area (Å²) in [5.74, 6) is 0.930. The Morgan fingerprint density at radius 2 is 1.81 bits per heavy atom. The second-order valence-corrected chi connectivity index (χ2v) is 6.76. The average Bonchev–Trinajstić information content (AvgIpc) is 2.70. The number of carbonyl (C=O) groups excluding carboxylic acids is 1. The Balaban J connectivity index is 1.85. The molecule has 2 aromatic carbocycles. The van der Waals surface area contributed by atoms with Gasteiger partial charge < -0.3 is 14.8 Å². The SMILES string of the molecule is COc1ccc(/C=C/C(=O)NC(=S)NCc2ccc(SC)cc2)cc1OC. The van der Waals surface area contributed by atoms with Crippen LogP contribution in [-0.2, 0) is 11.3 Å². The van der Waals surface area contributed by atoms with Gasteiger partial charge in [-0.3, -0.25) is 10.1 Å². The van der Waals surface area contributed by atoms with Crippen LogP contribution in [0.1, 0.15) is 11.1 Å². The monoisotopic (exact) mass is 402 g/mol. The van der Waals surface area contributed by atoms with E-state index in [1.807, 2.05) is 24.5 Å². The lowest BCUT2D eigenvalue weighted by molar-refractivity contribution is -0.115. The van der Waals surface area contributed by atoms with Gasteiger partial charge in [0.25, 0.3) is 0 Å². The fraction of sp³-hybridized carbons (Fsp3) is 0.200. The van der Waals surface area contributed by atoms with E-state index in [0.29, 0.717) is 18.0 Å². The number of hydrogen-bond acceptors (Lipinski definition) is 5. The molecule has 0 radical (unpaired) electrons. The quantitative estimate of drug-likeness (QED) is 0.419. The molecule has 0 atom stereocenters. The van der Waals surface area contributed by atoms with Crippen LogP contribution in [0.15, 0.2) is 53.4 Å². The zero-order valence-electron chi connectivity index (χ0n) is 15.4. The molecule has 0 aliphatic carbocycles. The van der Waals surface area contributed by atoms with Crippen LogP contribution in [0.5, 0.6) is 11.5 Å². The summed E-state index contributed by atoms with van der Waals surface area (Å²) in [6, 6.07) is 13.6. The number of nitrogens with one attached hydrogen (secondary N) is 2. The molecule has 0 fully saturated rings. The fourth-order valence-corrected chi connectivity index (χ4v) is 2.83. The van der Waals surface area contributed by atoms with Crippen LogP contribution in [0, 0.1) is 0 Å². The van der Waals surface area contributed by atoms with Crippen molar-refractivity contribution in [2.45, 2.75) is 11.4 Å². The van der Waals surface area contributed by atoms with Crippen LogP contribution in [-0.4, -0.2) is 31.5 Å². The maximum atomic E-state index is 12.0. The minimum Gasteiger partial charge on any atom is -0.493 e. The molecule has 0 unspecified atom stereocenters.